The number of amides is 1. The summed E-state index contributed by atoms with van der Waals surface area (Å²) in [5, 5.41) is 7.58. The lowest BCUT2D eigenvalue weighted by Crippen LogP contribution is -2.25. The van der Waals surface area contributed by atoms with E-state index in [0.717, 1.165) is 29.9 Å². The van der Waals surface area contributed by atoms with Gasteiger partial charge in [0.05, 0.1) is 5.69 Å². The number of rotatable bonds is 5. The number of nitrogens with one attached hydrogen (secondary N) is 1. The van der Waals surface area contributed by atoms with E-state index < -0.39 is 0 Å². The first-order chi connectivity index (χ1) is 10.6. The first-order valence-corrected chi connectivity index (χ1v) is 7.97. The van der Waals surface area contributed by atoms with Gasteiger partial charge in [0.2, 0.25) is 5.91 Å². The molecule has 0 aliphatic heterocycles. The van der Waals surface area contributed by atoms with Crippen molar-refractivity contribution in [1.29, 1.82) is 0 Å². The van der Waals surface area contributed by atoms with Crippen molar-refractivity contribution >= 4 is 5.91 Å². The standard InChI is InChI=1S/C18H23N3O/c1-4-21-13(3)17(12(2)20-21)11-19-18(22)16-10-15(16)14-8-6-5-7-9-14/h5-9,15-16H,4,10-11H2,1-3H3,(H,19,22)/t15-,16+/m1/s1. The van der Waals surface area contributed by atoms with Gasteiger partial charge >= 0.3 is 0 Å². The Kier molecular flexibility index (Phi) is 4.01. The smallest absolute Gasteiger partial charge is 0.224 e. The minimum absolute atomic E-state index is 0.129. The number of benzene rings is 1. The van der Waals surface area contributed by atoms with Gasteiger partial charge in [-0.1, -0.05) is 30.3 Å². The lowest BCUT2D eigenvalue weighted by molar-refractivity contribution is -0.122. The van der Waals surface area contributed by atoms with Gasteiger partial charge in [-0.05, 0) is 38.7 Å². The topological polar surface area (TPSA) is 46.9 Å². The Labute approximate surface area is 131 Å². The third-order valence-corrected chi connectivity index (χ3v) is 4.63. The molecule has 4 nitrogen and oxygen atoms in total. The molecule has 1 saturated carbocycles. The van der Waals surface area contributed by atoms with Gasteiger partial charge in [0.25, 0.3) is 0 Å². The van der Waals surface area contributed by atoms with Crippen molar-refractivity contribution in [2.75, 3.05) is 0 Å². The van der Waals surface area contributed by atoms with E-state index in [1.54, 1.807) is 0 Å². The number of carbonyl (C=O) groups excluding carboxylic acids is 1. The van der Waals surface area contributed by atoms with Crippen LogP contribution in [0.3, 0.4) is 0 Å². The van der Waals surface area contributed by atoms with Gasteiger partial charge in [-0.3, -0.25) is 9.48 Å². The molecule has 1 amide bonds. The van der Waals surface area contributed by atoms with E-state index in [1.165, 1.54) is 5.56 Å². The Balaban J connectivity index is 1.59. The second-order valence-electron chi connectivity index (χ2n) is 6.04. The minimum Gasteiger partial charge on any atom is -0.352 e. The van der Waals surface area contributed by atoms with Crippen LogP contribution in [0, 0.1) is 19.8 Å². The molecular formula is C18H23N3O. The molecular weight excluding hydrogens is 274 g/mol. The predicted molar refractivity (Wildman–Crippen MR) is 86.5 cm³/mol. The molecule has 1 aliphatic carbocycles. The third kappa shape index (κ3) is 2.78. The second-order valence-corrected chi connectivity index (χ2v) is 6.04. The fourth-order valence-corrected chi connectivity index (χ4v) is 3.16. The normalized spacial score (nSPS) is 20.0. The van der Waals surface area contributed by atoms with Crippen molar-refractivity contribution in [3.05, 3.63) is 52.8 Å². The summed E-state index contributed by atoms with van der Waals surface area (Å²) < 4.78 is 1.99. The van der Waals surface area contributed by atoms with Crippen molar-refractivity contribution in [2.45, 2.75) is 46.2 Å². The summed E-state index contributed by atoms with van der Waals surface area (Å²) in [7, 11) is 0. The maximum absolute atomic E-state index is 12.3. The lowest BCUT2D eigenvalue weighted by atomic mass is 10.1. The van der Waals surface area contributed by atoms with Crippen molar-refractivity contribution in [3.63, 3.8) is 0 Å². The van der Waals surface area contributed by atoms with Crippen LogP contribution in [0.2, 0.25) is 0 Å². The van der Waals surface area contributed by atoms with Gasteiger partial charge in [0.1, 0.15) is 0 Å². The van der Waals surface area contributed by atoms with Crippen molar-refractivity contribution in [1.82, 2.24) is 15.1 Å². The van der Waals surface area contributed by atoms with Crippen LogP contribution >= 0.6 is 0 Å². The molecule has 0 saturated heterocycles. The average Bonchev–Trinajstić information content (AvgIpc) is 3.28. The Morgan fingerprint density at radius 1 is 1.32 bits per heavy atom. The Morgan fingerprint density at radius 2 is 2.05 bits per heavy atom. The maximum atomic E-state index is 12.3. The molecule has 0 bridgehead atoms. The summed E-state index contributed by atoms with van der Waals surface area (Å²) in [5.74, 6) is 0.683. The highest BCUT2D eigenvalue weighted by Gasteiger charge is 2.43. The van der Waals surface area contributed by atoms with E-state index in [4.69, 9.17) is 0 Å². The van der Waals surface area contributed by atoms with Crippen LogP contribution in [0.25, 0.3) is 0 Å². The number of aromatic nitrogens is 2. The van der Waals surface area contributed by atoms with Gasteiger partial charge in [0.15, 0.2) is 0 Å². The molecule has 4 heteroatoms. The molecule has 0 spiro atoms. The van der Waals surface area contributed by atoms with E-state index >= 15 is 0 Å². The van der Waals surface area contributed by atoms with Crippen LogP contribution in [-0.2, 0) is 17.9 Å². The van der Waals surface area contributed by atoms with Crippen LogP contribution in [0.4, 0.5) is 0 Å². The van der Waals surface area contributed by atoms with Gasteiger partial charge in [-0.2, -0.15) is 5.10 Å². The Bertz CT molecular complexity index is 675. The highest BCUT2D eigenvalue weighted by atomic mass is 16.2. The molecule has 1 aromatic heterocycles. The molecule has 116 valence electrons. The molecule has 0 radical (unpaired) electrons. The number of aryl methyl sites for hydroxylation is 2. The molecule has 0 unspecified atom stereocenters. The number of hydrogen-bond acceptors (Lipinski definition) is 2. The maximum Gasteiger partial charge on any atom is 0.224 e. The number of carbonyl (C=O) groups is 1. The molecule has 1 heterocycles. The molecule has 2 aromatic rings. The van der Waals surface area contributed by atoms with E-state index in [2.05, 4.69) is 36.4 Å². The number of hydrogen-bond donors (Lipinski definition) is 1. The van der Waals surface area contributed by atoms with Crippen molar-refractivity contribution in [2.24, 2.45) is 5.92 Å². The van der Waals surface area contributed by atoms with Crippen LogP contribution in [0.15, 0.2) is 30.3 Å². The second kappa shape index (κ2) is 5.95. The van der Waals surface area contributed by atoms with Crippen LogP contribution < -0.4 is 5.32 Å². The summed E-state index contributed by atoms with van der Waals surface area (Å²) in [6, 6.07) is 10.3. The lowest BCUT2D eigenvalue weighted by Gasteiger charge is -2.06. The van der Waals surface area contributed by atoms with E-state index in [0.29, 0.717) is 12.5 Å². The molecule has 22 heavy (non-hydrogen) atoms. The predicted octanol–water partition coefficient (Wildman–Crippen LogP) is 2.94. The number of nitrogens with zero attached hydrogens (tertiary/aromatic N) is 2. The van der Waals surface area contributed by atoms with Gasteiger partial charge in [0, 0.05) is 30.3 Å². The highest BCUT2D eigenvalue weighted by molar-refractivity contribution is 5.82. The van der Waals surface area contributed by atoms with Crippen LogP contribution in [0.1, 0.15) is 41.8 Å². The molecule has 1 aliphatic rings. The minimum atomic E-state index is 0.129. The molecule has 3 rings (SSSR count). The summed E-state index contributed by atoms with van der Waals surface area (Å²) in [6.07, 6.45) is 0.960. The fourth-order valence-electron chi connectivity index (χ4n) is 3.16. The fraction of sp³-hybridized carbons (Fsp3) is 0.444. The van der Waals surface area contributed by atoms with Crippen molar-refractivity contribution < 1.29 is 4.79 Å². The summed E-state index contributed by atoms with van der Waals surface area (Å²) in [5.41, 5.74) is 4.58. The monoisotopic (exact) mass is 297 g/mol. The zero-order chi connectivity index (χ0) is 15.7. The third-order valence-electron chi connectivity index (χ3n) is 4.63. The largest absolute Gasteiger partial charge is 0.352 e. The SMILES string of the molecule is CCn1nc(C)c(CNC(=O)[C@H]2C[C@@H]2c2ccccc2)c1C. The van der Waals surface area contributed by atoms with E-state index in [-0.39, 0.29) is 11.8 Å². The first kappa shape index (κ1) is 14.8. The average molecular weight is 297 g/mol. The molecule has 1 aromatic carbocycles. The van der Waals surface area contributed by atoms with Gasteiger partial charge < -0.3 is 5.32 Å². The zero-order valence-corrected chi connectivity index (χ0v) is 13.5. The quantitative estimate of drug-likeness (QED) is 0.922. The Hall–Kier alpha value is -2.10. The summed E-state index contributed by atoms with van der Waals surface area (Å²) >= 11 is 0. The van der Waals surface area contributed by atoms with Crippen LogP contribution in [0.5, 0.6) is 0 Å². The summed E-state index contributed by atoms with van der Waals surface area (Å²) in [4.78, 5) is 12.3. The first-order valence-electron chi connectivity index (χ1n) is 7.97. The van der Waals surface area contributed by atoms with Gasteiger partial charge in [-0.15, -0.1) is 0 Å². The van der Waals surface area contributed by atoms with Crippen LogP contribution in [-0.4, -0.2) is 15.7 Å². The zero-order valence-electron chi connectivity index (χ0n) is 13.5. The highest BCUT2D eigenvalue weighted by Crippen LogP contribution is 2.47. The van der Waals surface area contributed by atoms with E-state index in [9.17, 15) is 4.79 Å². The molecule has 1 fully saturated rings. The molecule has 2 atom stereocenters. The van der Waals surface area contributed by atoms with Gasteiger partial charge in [-0.25, -0.2) is 0 Å². The molecule has 1 N–H and O–H groups in total. The van der Waals surface area contributed by atoms with Crippen molar-refractivity contribution in [3.8, 4) is 0 Å². The van der Waals surface area contributed by atoms with E-state index in [1.807, 2.05) is 29.8 Å². The summed E-state index contributed by atoms with van der Waals surface area (Å²) in [6.45, 7) is 7.59. The Morgan fingerprint density at radius 3 is 2.68 bits per heavy atom.